The van der Waals surface area contributed by atoms with Gasteiger partial charge in [0.15, 0.2) is 5.96 Å². The molecule has 0 heterocycles. The molecular weight excluding hydrogens is 250 g/mol. The highest BCUT2D eigenvalue weighted by molar-refractivity contribution is 5.79. The predicted molar refractivity (Wildman–Crippen MR) is 85.4 cm³/mol. The lowest BCUT2D eigenvalue weighted by Crippen LogP contribution is -2.44. The van der Waals surface area contributed by atoms with Gasteiger partial charge in [0.05, 0.1) is 6.61 Å². The van der Waals surface area contributed by atoms with Crippen LogP contribution in [-0.2, 0) is 17.6 Å². The van der Waals surface area contributed by atoms with E-state index in [1.165, 1.54) is 11.1 Å². The highest BCUT2D eigenvalue weighted by atomic mass is 16.5. The van der Waals surface area contributed by atoms with E-state index in [4.69, 9.17) is 4.74 Å². The maximum atomic E-state index is 5.10. The summed E-state index contributed by atoms with van der Waals surface area (Å²) in [5, 5.41) is 6.61. The lowest BCUT2D eigenvalue weighted by Gasteiger charge is -2.17. The normalized spacial score (nSPS) is 13.1. The van der Waals surface area contributed by atoms with Crippen LogP contribution in [0.15, 0.2) is 29.3 Å². The number of nitrogens with zero attached hydrogens (tertiary/aromatic N) is 1. The van der Waals surface area contributed by atoms with Gasteiger partial charge in [-0.25, -0.2) is 0 Å². The van der Waals surface area contributed by atoms with E-state index in [0.717, 1.165) is 25.3 Å². The Hall–Kier alpha value is -1.55. The lowest BCUT2D eigenvalue weighted by molar-refractivity contribution is 0.179. The third kappa shape index (κ3) is 6.06. The maximum absolute atomic E-state index is 5.10. The Morgan fingerprint density at radius 2 is 1.90 bits per heavy atom. The smallest absolute Gasteiger partial charge is 0.191 e. The first-order valence-corrected chi connectivity index (χ1v) is 7.23. The molecule has 0 bridgehead atoms. The van der Waals surface area contributed by atoms with Crippen LogP contribution in [0.5, 0.6) is 0 Å². The van der Waals surface area contributed by atoms with Crippen LogP contribution in [0.25, 0.3) is 0 Å². The van der Waals surface area contributed by atoms with Crippen molar-refractivity contribution in [1.82, 2.24) is 10.6 Å². The zero-order valence-corrected chi connectivity index (χ0v) is 13.1. The summed E-state index contributed by atoms with van der Waals surface area (Å²) in [6, 6.07) is 9.04. The molecule has 112 valence electrons. The Labute approximate surface area is 122 Å². The molecule has 0 saturated carbocycles. The number of methoxy groups -OCH3 is 1. The van der Waals surface area contributed by atoms with E-state index >= 15 is 0 Å². The third-order valence-corrected chi connectivity index (χ3v) is 3.16. The second-order valence-electron chi connectivity index (χ2n) is 4.92. The van der Waals surface area contributed by atoms with E-state index in [0.29, 0.717) is 6.61 Å². The van der Waals surface area contributed by atoms with Crippen molar-refractivity contribution in [3.8, 4) is 0 Å². The predicted octanol–water partition coefficient (Wildman–Crippen LogP) is 1.99. The number of guanidine groups is 1. The van der Waals surface area contributed by atoms with Crippen molar-refractivity contribution in [2.24, 2.45) is 4.99 Å². The van der Waals surface area contributed by atoms with E-state index in [9.17, 15) is 0 Å². The molecule has 4 nitrogen and oxygen atoms in total. The molecule has 2 N–H and O–H groups in total. The summed E-state index contributed by atoms with van der Waals surface area (Å²) in [7, 11) is 3.49. The number of benzene rings is 1. The molecule has 1 atom stereocenters. The van der Waals surface area contributed by atoms with Gasteiger partial charge in [-0.05, 0) is 30.9 Å². The lowest BCUT2D eigenvalue weighted by atomic mass is 10.1. The molecule has 1 rings (SSSR count). The topological polar surface area (TPSA) is 45.7 Å². The van der Waals surface area contributed by atoms with Crippen molar-refractivity contribution in [3.63, 3.8) is 0 Å². The van der Waals surface area contributed by atoms with E-state index in [-0.39, 0.29) is 6.04 Å². The van der Waals surface area contributed by atoms with Gasteiger partial charge in [0.25, 0.3) is 0 Å². The van der Waals surface area contributed by atoms with Gasteiger partial charge in [0.1, 0.15) is 0 Å². The quantitative estimate of drug-likeness (QED) is 0.592. The van der Waals surface area contributed by atoms with Gasteiger partial charge < -0.3 is 15.4 Å². The molecule has 4 heteroatoms. The van der Waals surface area contributed by atoms with Crippen LogP contribution in [0, 0.1) is 0 Å². The number of nitrogens with one attached hydrogen (secondary N) is 2. The Balaban J connectivity index is 2.33. The fourth-order valence-electron chi connectivity index (χ4n) is 1.99. The van der Waals surface area contributed by atoms with Crippen molar-refractivity contribution in [2.45, 2.75) is 32.7 Å². The van der Waals surface area contributed by atoms with Crippen molar-refractivity contribution in [3.05, 3.63) is 35.4 Å². The monoisotopic (exact) mass is 277 g/mol. The summed E-state index contributed by atoms with van der Waals surface area (Å²) in [6.07, 6.45) is 2.08. The van der Waals surface area contributed by atoms with Crippen molar-refractivity contribution < 1.29 is 4.74 Å². The SMILES string of the molecule is CCc1ccc(CCNC(=NC)NC(C)COC)cc1. The molecule has 1 unspecified atom stereocenters. The van der Waals surface area contributed by atoms with Crippen LogP contribution in [0.3, 0.4) is 0 Å². The molecule has 0 radical (unpaired) electrons. The van der Waals surface area contributed by atoms with Gasteiger partial charge in [0.2, 0.25) is 0 Å². The highest BCUT2D eigenvalue weighted by Gasteiger charge is 2.04. The Morgan fingerprint density at radius 1 is 1.25 bits per heavy atom. The van der Waals surface area contributed by atoms with Crippen LogP contribution in [0.2, 0.25) is 0 Å². The first kappa shape index (κ1) is 16.5. The van der Waals surface area contributed by atoms with Gasteiger partial charge >= 0.3 is 0 Å². The Kier molecular flexibility index (Phi) is 7.73. The summed E-state index contributed by atoms with van der Waals surface area (Å²) in [6.45, 7) is 5.78. The molecule has 0 aliphatic heterocycles. The largest absolute Gasteiger partial charge is 0.383 e. The van der Waals surface area contributed by atoms with Gasteiger partial charge in [0, 0.05) is 26.7 Å². The van der Waals surface area contributed by atoms with Crippen LogP contribution in [0.4, 0.5) is 0 Å². The number of aliphatic imine (C=N–C) groups is 1. The summed E-state index contributed by atoms with van der Waals surface area (Å²) in [4.78, 5) is 4.21. The minimum atomic E-state index is 0.245. The van der Waals surface area contributed by atoms with Crippen LogP contribution in [-0.4, -0.2) is 39.3 Å². The first-order valence-electron chi connectivity index (χ1n) is 7.23. The third-order valence-electron chi connectivity index (χ3n) is 3.16. The standard InChI is InChI=1S/C16H27N3O/c1-5-14-6-8-15(9-7-14)10-11-18-16(17-3)19-13(2)12-20-4/h6-9,13H,5,10-12H2,1-4H3,(H2,17,18,19). The molecule has 0 amide bonds. The molecule has 0 saturated heterocycles. The number of rotatable bonds is 7. The average Bonchev–Trinajstić information content (AvgIpc) is 2.47. The van der Waals surface area contributed by atoms with E-state index in [1.807, 2.05) is 0 Å². The van der Waals surface area contributed by atoms with Crippen LogP contribution < -0.4 is 10.6 Å². The van der Waals surface area contributed by atoms with Gasteiger partial charge in [-0.3, -0.25) is 4.99 Å². The van der Waals surface area contributed by atoms with Crippen molar-refractivity contribution in [1.29, 1.82) is 0 Å². The fourth-order valence-corrected chi connectivity index (χ4v) is 1.99. The zero-order valence-electron chi connectivity index (χ0n) is 13.1. The van der Waals surface area contributed by atoms with Crippen molar-refractivity contribution in [2.75, 3.05) is 27.3 Å². The number of hydrogen-bond acceptors (Lipinski definition) is 2. The molecule has 0 aromatic heterocycles. The Morgan fingerprint density at radius 3 is 2.45 bits per heavy atom. The Bertz CT molecular complexity index is 401. The summed E-state index contributed by atoms with van der Waals surface area (Å²) >= 11 is 0. The summed E-state index contributed by atoms with van der Waals surface area (Å²) in [5.74, 6) is 0.819. The van der Waals surface area contributed by atoms with Gasteiger partial charge in [-0.2, -0.15) is 0 Å². The molecular formula is C16H27N3O. The fraction of sp³-hybridized carbons (Fsp3) is 0.562. The molecule has 1 aromatic rings. The van der Waals surface area contributed by atoms with Crippen molar-refractivity contribution >= 4 is 5.96 Å². The zero-order chi connectivity index (χ0) is 14.8. The van der Waals surface area contributed by atoms with Crippen LogP contribution >= 0.6 is 0 Å². The number of hydrogen-bond donors (Lipinski definition) is 2. The number of aryl methyl sites for hydroxylation is 1. The minimum Gasteiger partial charge on any atom is -0.383 e. The summed E-state index contributed by atoms with van der Waals surface area (Å²) in [5.41, 5.74) is 2.72. The first-order chi connectivity index (χ1) is 9.69. The average molecular weight is 277 g/mol. The van der Waals surface area contributed by atoms with E-state index in [1.54, 1.807) is 14.2 Å². The molecule has 0 aliphatic rings. The van der Waals surface area contributed by atoms with Gasteiger partial charge in [-0.1, -0.05) is 31.2 Å². The van der Waals surface area contributed by atoms with E-state index < -0.39 is 0 Å². The number of ether oxygens (including phenoxy) is 1. The maximum Gasteiger partial charge on any atom is 0.191 e. The molecule has 0 aliphatic carbocycles. The summed E-state index contributed by atoms with van der Waals surface area (Å²) < 4.78 is 5.10. The minimum absolute atomic E-state index is 0.245. The second kappa shape index (κ2) is 9.37. The molecule has 1 aromatic carbocycles. The van der Waals surface area contributed by atoms with Gasteiger partial charge in [-0.15, -0.1) is 0 Å². The highest BCUT2D eigenvalue weighted by Crippen LogP contribution is 2.05. The van der Waals surface area contributed by atoms with Crippen LogP contribution in [0.1, 0.15) is 25.0 Å². The second-order valence-corrected chi connectivity index (χ2v) is 4.92. The molecule has 20 heavy (non-hydrogen) atoms. The molecule has 0 spiro atoms. The van der Waals surface area contributed by atoms with E-state index in [2.05, 4.69) is 53.7 Å². The molecule has 0 fully saturated rings.